The molecule has 10 nitrogen and oxygen atoms in total. The van der Waals surface area contributed by atoms with Crippen molar-refractivity contribution in [3.05, 3.63) is 34.4 Å². The van der Waals surface area contributed by atoms with Crippen LogP contribution in [0.4, 0.5) is 5.69 Å². The molecule has 2 saturated heterocycles. The molecule has 0 N–H and O–H groups in total. The van der Waals surface area contributed by atoms with Crippen LogP contribution < -0.4 is 0 Å². The standard InChI is InChI=1S/C15H19NO9S/c1-15(2)23-11-8-22-14(21-3)13(12(11)24-15)25-26(19,20)10-6-4-9(5-7-10)16(17)18/h4-7,11-14H,8H2,1-3H3/t11-,12-,13-,14-/m1/s1. The third kappa shape index (κ3) is 3.72. The molecule has 0 spiro atoms. The number of nitrogens with zero attached hydrogens (tertiary/aromatic N) is 1. The first-order valence-electron chi connectivity index (χ1n) is 7.81. The van der Waals surface area contributed by atoms with Crippen LogP contribution in [0.5, 0.6) is 0 Å². The highest BCUT2D eigenvalue weighted by atomic mass is 32.2. The smallest absolute Gasteiger partial charge is 0.297 e. The highest BCUT2D eigenvalue weighted by Gasteiger charge is 2.53. The van der Waals surface area contributed by atoms with Crippen LogP contribution in [-0.4, -0.2) is 57.4 Å². The van der Waals surface area contributed by atoms with Gasteiger partial charge >= 0.3 is 0 Å². The molecule has 4 atom stereocenters. The molecule has 2 aliphatic rings. The molecular weight excluding hydrogens is 370 g/mol. The summed E-state index contributed by atoms with van der Waals surface area (Å²) < 4.78 is 52.6. The number of ether oxygens (including phenoxy) is 4. The monoisotopic (exact) mass is 389 g/mol. The Labute approximate surface area is 150 Å². The lowest BCUT2D eigenvalue weighted by molar-refractivity contribution is -0.384. The first kappa shape index (κ1) is 19.1. The minimum Gasteiger partial charge on any atom is -0.353 e. The van der Waals surface area contributed by atoms with Gasteiger partial charge in [-0.3, -0.25) is 14.3 Å². The summed E-state index contributed by atoms with van der Waals surface area (Å²) in [7, 11) is -2.88. The van der Waals surface area contributed by atoms with Crippen molar-refractivity contribution in [1.82, 2.24) is 0 Å². The Morgan fingerprint density at radius 1 is 1.23 bits per heavy atom. The predicted molar refractivity (Wildman–Crippen MR) is 85.7 cm³/mol. The van der Waals surface area contributed by atoms with E-state index in [9.17, 15) is 18.5 Å². The average Bonchev–Trinajstić information content (AvgIpc) is 2.89. The summed E-state index contributed by atoms with van der Waals surface area (Å²) in [5.74, 6) is -0.917. The van der Waals surface area contributed by atoms with Crippen LogP contribution in [0, 0.1) is 10.1 Å². The van der Waals surface area contributed by atoms with E-state index < -0.39 is 45.4 Å². The molecule has 0 radical (unpaired) electrons. The Balaban J connectivity index is 1.85. The van der Waals surface area contributed by atoms with Crippen molar-refractivity contribution < 1.29 is 36.5 Å². The fourth-order valence-corrected chi connectivity index (χ4v) is 4.02. The predicted octanol–water partition coefficient (Wildman–Crippen LogP) is 1.19. The lowest BCUT2D eigenvalue weighted by Crippen LogP contribution is -2.54. The molecule has 2 fully saturated rings. The Bertz CT molecular complexity index is 777. The van der Waals surface area contributed by atoms with Crippen molar-refractivity contribution in [3.63, 3.8) is 0 Å². The molecule has 0 unspecified atom stereocenters. The summed E-state index contributed by atoms with van der Waals surface area (Å²) in [5, 5.41) is 10.7. The normalized spacial score (nSPS) is 30.7. The number of nitro benzene ring substituents is 1. The molecule has 0 aromatic heterocycles. The topological polar surface area (TPSA) is 123 Å². The minimum absolute atomic E-state index is 0.171. The van der Waals surface area contributed by atoms with Gasteiger partial charge in [0.25, 0.3) is 15.8 Å². The van der Waals surface area contributed by atoms with Gasteiger partial charge in [0, 0.05) is 19.2 Å². The van der Waals surface area contributed by atoms with Gasteiger partial charge in [0.1, 0.15) is 12.2 Å². The molecule has 1 aromatic rings. The molecule has 0 amide bonds. The van der Waals surface area contributed by atoms with E-state index in [4.69, 9.17) is 23.1 Å². The van der Waals surface area contributed by atoms with Crippen molar-refractivity contribution >= 4 is 15.8 Å². The minimum atomic E-state index is -4.24. The number of fused-ring (bicyclic) bond motifs is 1. The van der Waals surface area contributed by atoms with E-state index in [1.807, 2.05) is 0 Å². The number of hydrogen-bond acceptors (Lipinski definition) is 9. The maximum atomic E-state index is 12.6. The summed E-state index contributed by atoms with van der Waals surface area (Å²) >= 11 is 0. The zero-order valence-corrected chi connectivity index (χ0v) is 15.2. The second kappa shape index (κ2) is 6.83. The Kier molecular flexibility index (Phi) is 5.03. The van der Waals surface area contributed by atoms with Gasteiger partial charge in [-0.2, -0.15) is 8.42 Å². The lowest BCUT2D eigenvalue weighted by atomic mass is 10.1. The number of non-ortho nitro benzene ring substituents is 1. The van der Waals surface area contributed by atoms with Crippen LogP contribution in [-0.2, 0) is 33.2 Å². The van der Waals surface area contributed by atoms with E-state index in [-0.39, 0.29) is 17.2 Å². The van der Waals surface area contributed by atoms with Gasteiger partial charge in [0.05, 0.1) is 16.4 Å². The second-order valence-corrected chi connectivity index (χ2v) is 7.91. The van der Waals surface area contributed by atoms with Crippen LogP contribution in [0.25, 0.3) is 0 Å². The van der Waals surface area contributed by atoms with Gasteiger partial charge in [-0.1, -0.05) is 0 Å². The number of benzene rings is 1. The SMILES string of the molecule is CO[C@@H]1OC[C@H]2OC(C)(C)O[C@H]2[C@H]1OS(=O)(=O)c1ccc([N+](=O)[O-])cc1. The van der Waals surface area contributed by atoms with Crippen molar-refractivity contribution in [2.45, 2.75) is 49.1 Å². The highest BCUT2D eigenvalue weighted by molar-refractivity contribution is 7.86. The van der Waals surface area contributed by atoms with Gasteiger partial charge < -0.3 is 18.9 Å². The van der Waals surface area contributed by atoms with Crippen molar-refractivity contribution in [2.24, 2.45) is 0 Å². The zero-order valence-electron chi connectivity index (χ0n) is 14.4. The van der Waals surface area contributed by atoms with Gasteiger partial charge in [-0.05, 0) is 26.0 Å². The van der Waals surface area contributed by atoms with Gasteiger partial charge in [-0.15, -0.1) is 0 Å². The molecule has 144 valence electrons. The van der Waals surface area contributed by atoms with E-state index in [0.29, 0.717) is 0 Å². The summed E-state index contributed by atoms with van der Waals surface area (Å²) in [6.45, 7) is 3.58. The number of methoxy groups -OCH3 is 1. The Morgan fingerprint density at radius 2 is 1.88 bits per heavy atom. The second-order valence-electron chi connectivity index (χ2n) is 6.34. The molecule has 3 rings (SSSR count). The summed E-state index contributed by atoms with van der Waals surface area (Å²) in [5.41, 5.74) is -0.228. The van der Waals surface area contributed by atoms with Crippen LogP contribution in [0.2, 0.25) is 0 Å². The highest BCUT2D eigenvalue weighted by Crippen LogP contribution is 2.37. The molecule has 1 aromatic carbocycles. The number of rotatable bonds is 5. The third-order valence-electron chi connectivity index (χ3n) is 4.04. The molecule has 0 aliphatic carbocycles. The van der Waals surface area contributed by atoms with Crippen molar-refractivity contribution in [3.8, 4) is 0 Å². The Morgan fingerprint density at radius 3 is 2.46 bits per heavy atom. The maximum absolute atomic E-state index is 12.6. The van der Waals surface area contributed by atoms with Crippen molar-refractivity contribution in [2.75, 3.05) is 13.7 Å². The molecule has 26 heavy (non-hydrogen) atoms. The fourth-order valence-electron chi connectivity index (χ4n) is 2.95. The van der Waals surface area contributed by atoms with Crippen molar-refractivity contribution in [1.29, 1.82) is 0 Å². The molecule has 2 heterocycles. The molecule has 2 aliphatic heterocycles. The van der Waals surface area contributed by atoms with E-state index in [1.54, 1.807) is 13.8 Å². The van der Waals surface area contributed by atoms with Crippen LogP contribution in [0.3, 0.4) is 0 Å². The van der Waals surface area contributed by atoms with Crippen LogP contribution in [0.1, 0.15) is 13.8 Å². The Hall–Kier alpha value is -1.63. The largest absolute Gasteiger partial charge is 0.353 e. The maximum Gasteiger partial charge on any atom is 0.297 e. The van der Waals surface area contributed by atoms with E-state index in [0.717, 1.165) is 24.3 Å². The van der Waals surface area contributed by atoms with Crippen LogP contribution in [0.15, 0.2) is 29.2 Å². The number of nitro groups is 1. The van der Waals surface area contributed by atoms with Gasteiger partial charge in [0.2, 0.25) is 0 Å². The summed E-state index contributed by atoms with van der Waals surface area (Å²) in [4.78, 5) is 9.86. The van der Waals surface area contributed by atoms with Gasteiger partial charge in [-0.25, -0.2) is 0 Å². The molecular formula is C15H19NO9S. The average molecular weight is 389 g/mol. The van der Waals surface area contributed by atoms with E-state index in [1.165, 1.54) is 7.11 Å². The first-order chi connectivity index (χ1) is 12.1. The third-order valence-corrected chi connectivity index (χ3v) is 5.37. The first-order valence-corrected chi connectivity index (χ1v) is 9.21. The molecule has 11 heteroatoms. The van der Waals surface area contributed by atoms with E-state index >= 15 is 0 Å². The van der Waals surface area contributed by atoms with Gasteiger partial charge in [0.15, 0.2) is 18.2 Å². The quantitative estimate of drug-likeness (QED) is 0.415. The summed E-state index contributed by atoms with van der Waals surface area (Å²) in [6.07, 6.45) is -3.28. The lowest BCUT2D eigenvalue weighted by Gasteiger charge is -2.35. The fraction of sp³-hybridized carbons (Fsp3) is 0.600. The van der Waals surface area contributed by atoms with E-state index in [2.05, 4.69) is 0 Å². The summed E-state index contributed by atoms with van der Waals surface area (Å²) in [6, 6.07) is 4.38. The zero-order chi connectivity index (χ0) is 19.1. The van der Waals surface area contributed by atoms with Crippen LogP contribution >= 0.6 is 0 Å². The number of hydrogen-bond donors (Lipinski definition) is 0. The molecule has 0 bridgehead atoms. The molecule has 0 saturated carbocycles.